The minimum atomic E-state index is -0.387. The van der Waals surface area contributed by atoms with Gasteiger partial charge in [-0.3, -0.25) is 0 Å². The maximum Gasteiger partial charge on any atom is 0 e. The van der Waals surface area contributed by atoms with E-state index in [0.29, 0.717) is 0 Å². The van der Waals surface area contributed by atoms with Crippen LogP contribution in [0.2, 0.25) is 0 Å². The topological polar surface area (TPSA) is 119 Å². The predicted octanol–water partition coefficient (Wildman–Crippen LogP) is 5.54. The second-order valence-electron chi connectivity index (χ2n) is 6.32. The van der Waals surface area contributed by atoms with Gasteiger partial charge < -0.3 is 6.08 Å². The largest absolute Gasteiger partial charge is 0.0622 e. The first-order chi connectivity index (χ1) is 20.4. The first kappa shape index (κ1) is 52.6. The summed E-state index contributed by atoms with van der Waals surface area (Å²) in [6.45, 7) is 29.0. The van der Waals surface area contributed by atoms with Crippen molar-refractivity contribution < 1.29 is 62.1 Å². The molecule has 10 heteroatoms. The molecule has 0 saturated carbocycles. The molecule has 0 amide bonds. The van der Waals surface area contributed by atoms with E-state index >= 15 is 0 Å². The molecule has 0 heterocycles. The van der Waals surface area contributed by atoms with Crippen molar-refractivity contribution in [2.45, 2.75) is 6.92 Å². The van der Waals surface area contributed by atoms with Gasteiger partial charge in [0.25, 0.3) is 0 Å². The Morgan fingerprint density at radius 3 is 0.930 bits per heavy atom. The smallest absolute Gasteiger partial charge is 0 e. The van der Waals surface area contributed by atoms with Crippen LogP contribution in [0.3, 0.4) is 0 Å². The van der Waals surface area contributed by atoms with Crippen LogP contribution in [-0.4, -0.2) is 0 Å². The standard InChI is InChI=1S/C15H14P.C12H11P.6CO.2Fe/c1-2-13-16(14-9-5-3-6-10-14)15-11-7-4-8-12-15;1-3-7-11(8-4-1)13-12-9-5-2-6-10-12;6*1-2;;/h3-13H,1H3;1-10,13H;;;;;;;;/q-1;;;;;;;;;. The molecular weight excluding hydrogens is 666 g/mol. The van der Waals surface area contributed by atoms with E-state index in [1.165, 1.54) is 21.2 Å². The molecule has 0 aliphatic carbocycles. The Labute approximate surface area is 278 Å². The summed E-state index contributed by atoms with van der Waals surface area (Å²) in [6, 6.07) is 42.4. The molecule has 0 bridgehead atoms. The van der Waals surface area contributed by atoms with Gasteiger partial charge in [-0.1, -0.05) is 138 Å². The molecule has 0 aromatic heterocycles. The van der Waals surface area contributed by atoms with E-state index in [1.54, 1.807) is 0 Å². The monoisotopic (exact) mass is 691 g/mol. The zero-order chi connectivity index (χ0) is 32.2. The zero-order valence-electron chi connectivity index (χ0n) is 22.7. The van der Waals surface area contributed by atoms with E-state index in [-0.39, 0.29) is 42.1 Å². The molecule has 0 radical (unpaired) electrons. The number of rotatable bonds is 5. The van der Waals surface area contributed by atoms with E-state index in [4.69, 9.17) is 27.9 Å². The molecule has 4 aromatic carbocycles. The Balaban J connectivity index is -0.000000115. The van der Waals surface area contributed by atoms with Crippen molar-refractivity contribution in [2.75, 3.05) is 0 Å². The molecule has 0 spiro atoms. The summed E-state index contributed by atoms with van der Waals surface area (Å²) in [4.78, 5) is 0. The minimum Gasteiger partial charge on any atom is -0.0622 e. The molecule has 0 aliphatic heterocycles. The fourth-order valence-electron chi connectivity index (χ4n) is 2.81. The average molecular weight is 691 g/mol. The van der Waals surface area contributed by atoms with Crippen LogP contribution in [0.1, 0.15) is 6.92 Å². The predicted molar refractivity (Wildman–Crippen MR) is 157 cm³/mol. The van der Waals surface area contributed by atoms with Gasteiger partial charge >= 0.3 is 67.8 Å². The molecule has 4 aromatic rings. The Hall–Kier alpha value is -3.04. The van der Waals surface area contributed by atoms with Crippen molar-refractivity contribution in [2.24, 2.45) is 0 Å². The zero-order valence-corrected chi connectivity index (χ0v) is 26.8. The van der Waals surface area contributed by atoms with Gasteiger partial charge in [0.2, 0.25) is 0 Å². The van der Waals surface area contributed by atoms with E-state index < -0.39 is 0 Å². The van der Waals surface area contributed by atoms with Gasteiger partial charge in [-0.15, -0.1) is 0 Å². The van der Waals surface area contributed by atoms with Crippen molar-refractivity contribution in [1.29, 1.82) is 0 Å². The van der Waals surface area contributed by atoms with Crippen LogP contribution < -0.4 is 21.2 Å². The Morgan fingerprint density at radius 1 is 0.465 bits per heavy atom. The van der Waals surface area contributed by atoms with E-state index in [9.17, 15) is 0 Å². The average Bonchev–Trinajstić information content (AvgIpc) is 3.11. The molecular formula is C33H25Fe2O6P2-. The maximum absolute atomic E-state index is 7.50. The van der Waals surface area contributed by atoms with Crippen LogP contribution >= 0.6 is 16.5 Å². The molecule has 6 nitrogen and oxygen atoms in total. The van der Waals surface area contributed by atoms with Crippen molar-refractivity contribution in [3.8, 4) is 0 Å². The van der Waals surface area contributed by atoms with Gasteiger partial charge in [-0.25, -0.2) is 5.82 Å². The molecule has 0 saturated heterocycles. The molecule has 0 fully saturated rings. The van der Waals surface area contributed by atoms with Gasteiger partial charge in [0.1, 0.15) is 0 Å². The summed E-state index contributed by atoms with van der Waals surface area (Å²) in [5.41, 5.74) is 0. The first-order valence-corrected chi connectivity index (χ1v) is 13.3. The van der Waals surface area contributed by atoms with E-state index in [1.807, 2.05) is 6.92 Å². The number of hydrogen-bond donors (Lipinski definition) is 0. The van der Waals surface area contributed by atoms with E-state index in [2.05, 4.69) is 173 Å². The van der Waals surface area contributed by atoms with Crippen molar-refractivity contribution in [3.63, 3.8) is 0 Å². The normalized spacial score (nSPS) is 7.40. The molecule has 0 unspecified atom stereocenters. The van der Waals surface area contributed by atoms with Crippen LogP contribution in [0.15, 0.2) is 127 Å². The number of hydrogen-bond acceptors (Lipinski definition) is 0. The Morgan fingerprint density at radius 2 is 0.698 bits per heavy atom. The molecule has 0 aliphatic rings. The molecule has 0 atom stereocenters. The number of allylic oxidation sites excluding steroid dienone is 1. The van der Waals surface area contributed by atoms with Crippen LogP contribution in [0, 0.1) is 46.0 Å². The van der Waals surface area contributed by atoms with Crippen LogP contribution in [0.5, 0.6) is 0 Å². The fourth-order valence-corrected chi connectivity index (χ4v) is 5.71. The SMILES string of the molecule is C[C-]=CP(c1ccccc1)c1ccccc1.[C-]#[O+].[C-]#[O+].[C-]#[O+].[C-]#[O+].[C-]#[O+].[C-]#[O+].[Fe].[Fe].c1ccc(Pc2ccccc2)cc1. The number of benzene rings is 4. The van der Waals surface area contributed by atoms with Gasteiger partial charge in [-0.2, -0.15) is 6.92 Å². The second kappa shape index (κ2) is 45.9. The third-order valence-electron chi connectivity index (χ3n) is 4.16. The van der Waals surface area contributed by atoms with Crippen LogP contribution in [0.4, 0.5) is 0 Å². The first-order valence-electron chi connectivity index (χ1n) is 10.9. The molecule has 220 valence electrons. The quantitative estimate of drug-likeness (QED) is 0.113. The summed E-state index contributed by atoms with van der Waals surface area (Å²) in [5, 5.41) is 5.54. The van der Waals surface area contributed by atoms with Crippen LogP contribution in [-0.2, 0) is 62.1 Å². The Bertz CT molecular complexity index is 1140. The van der Waals surface area contributed by atoms with Crippen molar-refractivity contribution >= 4 is 37.7 Å². The van der Waals surface area contributed by atoms with Gasteiger partial charge in [0, 0.05) is 34.1 Å². The van der Waals surface area contributed by atoms with Gasteiger partial charge in [0.15, 0.2) is 0 Å². The summed E-state index contributed by atoms with van der Waals surface area (Å²) in [5.74, 6) is 2.18. The van der Waals surface area contributed by atoms with E-state index in [0.717, 1.165) is 8.58 Å². The third-order valence-corrected chi connectivity index (χ3v) is 7.63. The van der Waals surface area contributed by atoms with Crippen molar-refractivity contribution in [3.05, 3.63) is 173 Å². The maximum atomic E-state index is 7.50. The summed E-state index contributed by atoms with van der Waals surface area (Å²) >= 11 is 0. The Kier molecular flexibility index (Phi) is 56.2. The summed E-state index contributed by atoms with van der Waals surface area (Å²) in [6.07, 6.45) is 3.17. The second-order valence-corrected chi connectivity index (χ2v) is 9.75. The fraction of sp³-hybridized carbons (Fsp3) is 0.0303. The van der Waals surface area contributed by atoms with Crippen LogP contribution in [0.25, 0.3) is 0 Å². The van der Waals surface area contributed by atoms with Gasteiger partial charge in [0.05, 0.1) is 0 Å². The summed E-state index contributed by atoms with van der Waals surface area (Å²) < 4.78 is 45.0. The minimum absolute atomic E-state index is 0. The third kappa shape index (κ3) is 27.5. The molecule has 4 rings (SSSR count). The van der Waals surface area contributed by atoms with Crippen molar-refractivity contribution in [1.82, 2.24) is 0 Å². The summed E-state index contributed by atoms with van der Waals surface area (Å²) in [7, 11) is 0.390. The van der Waals surface area contributed by atoms with Gasteiger partial charge in [-0.05, 0) is 21.2 Å². The molecule has 0 N–H and O–H groups in total. The molecule has 43 heavy (non-hydrogen) atoms.